The van der Waals surface area contributed by atoms with Crippen LogP contribution in [0, 0.1) is 13.8 Å². The van der Waals surface area contributed by atoms with Gasteiger partial charge in [0.2, 0.25) is 0 Å². The van der Waals surface area contributed by atoms with Crippen molar-refractivity contribution < 1.29 is 0 Å². The first-order valence-corrected chi connectivity index (χ1v) is 5.92. The number of anilines is 1. The molecule has 2 N–H and O–H groups in total. The van der Waals surface area contributed by atoms with Crippen LogP contribution in [0.25, 0.3) is 11.1 Å². The number of benzene rings is 1. The Hall–Kier alpha value is -1.77. The van der Waals surface area contributed by atoms with Crippen molar-refractivity contribution in [2.45, 2.75) is 33.7 Å². The summed E-state index contributed by atoms with van der Waals surface area (Å²) >= 11 is 0. The van der Waals surface area contributed by atoms with E-state index in [1.54, 1.807) is 0 Å². The summed E-state index contributed by atoms with van der Waals surface area (Å²) in [6, 6.07) is 6.40. The van der Waals surface area contributed by atoms with Gasteiger partial charge in [-0.05, 0) is 44.9 Å². The lowest BCUT2D eigenvalue weighted by molar-refractivity contribution is 0.529. The Labute approximate surface area is 102 Å². The lowest BCUT2D eigenvalue weighted by Crippen LogP contribution is -2.00. The molecule has 0 fully saturated rings. The standard InChI is InChI=1S/C14H19N3/c1-9(2)17-8-13(11(4)16-17)12-6-5-7-14(15)10(12)3/h5-9H,15H2,1-4H3. The zero-order valence-electron chi connectivity index (χ0n) is 10.9. The molecule has 17 heavy (non-hydrogen) atoms. The average Bonchev–Trinajstić information content (AvgIpc) is 2.65. The molecule has 0 aliphatic heterocycles. The summed E-state index contributed by atoms with van der Waals surface area (Å²) in [5.74, 6) is 0. The molecule has 90 valence electrons. The Balaban J connectivity index is 2.57. The van der Waals surface area contributed by atoms with Crippen molar-refractivity contribution in [3.63, 3.8) is 0 Å². The van der Waals surface area contributed by atoms with Crippen LogP contribution in [0.4, 0.5) is 5.69 Å². The monoisotopic (exact) mass is 229 g/mol. The maximum Gasteiger partial charge on any atom is 0.0672 e. The smallest absolute Gasteiger partial charge is 0.0672 e. The Morgan fingerprint density at radius 1 is 1.18 bits per heavy atom. The fourth-order valence-corrected chi connectivity index (χ4v) is 1.96. The third-order valence-electron chi connectivity index (χ3n) is 3.11. The number of nitrogens with zero attached hydrogens (tertiary/aromatic N) is 2. The van der Waals surface area contributed by atoms with Crippen LogP contribution >= 0.6 is 0 Å². The van der Waals surface area contributed by atoms with Gasteiger partial charge >= 0.3 is 0 Å². The van der Waals surface area contributed by atoms with Gasteiger partial charge in [-0.3, -0.25) is 4.68 Å². The van der Waals surface area contributed by atoms with Gasteiger partial charge in [-0.25, -0.2) is 0 Å². The second-order valence-electron chi connectivity index (χ2n) is 4.72. The number of aryl methyl sites for hydroxylation is 1. The maximum atomic E-state index is 5.95. The predicted octanol–water partition coefficient (Wildman–Crippen LogP) is 3.33. The number of hydrogen-bond acceptors (Lipinski definition) is 2. The van der Waals surface area contributed by atoms with Crippen LogP contribution in [0.2, 0.25) is 0 Å². The van der Waals surface area contributed by atoms with Crippen molar-refractivity contribution in [3.05, 3.63) is 35.7 Å². The van der Waals surface area contributed by atoms with Gasteiger partial charge in [0, 0.05) is 23.5 Å². The highest BCUT2D eigenvalue weighted by Crippen LogP contribution is 2.29. The minimum Gasteiger partial charge on any atom is -0.398 e. The fraction of sp³-hybridized carbons (Fsp3) is 0.357. The molecule has 1 aromatic carbocycles. The van der Waals surface area contributed by atoms with E-state index in [0.717, 1.165) is 16.9 Å². The zero-order valence-corrected chi connectivity index (χ0v) is 10.9. The molecule has 0 amide bonds. The molecule has 0 atom stereocenters. The molecule has 0 unspecified atom stereocenters. The van der Waals surface area contributed by atoms with Crippen LogP contribution in [0.1, 0.15) is 31.1 Å². The molecule has 1 heterocycles. The lowest BCUT2D eigenvalue weighted by atomic mass is 10.0. The molecule has 0 aliphatic carbocycles. The van der Waals surface area contributed by atoms with Gasteiger partial charge in [0.05, 0.1) is 5.69 Å². The predicted molar refractivity (Wildman–Crippen MR) is 71.9 cm³/mol. The molecule has 2 aromatic rings. The molecule has 3 heteroatoms. The van der Waals surface area contributed by atoms with Gasteiger partial charge in [0.25, 0.3) is 0 Å². The van der Waals surface area contributed by atoms with Crippen LogP contribution in [0.15, 0.2) is 24.4 Å². The van der Waals surface area contributed by atoms with Crippen molar-refractivity contribution >= 4 is 5.69 Å². The van der Waals surface area contributed by atoms with E-state index in [0.29, 0.717) is 6.04 Å². The van der Waals surface area contributed by atoms with Gasteiger partial charge in [0.15, 0.2) is 0 Å². The van der Waals surface area contributed by atoms with Gasteiger partial charge < -0.3 is 5.73 Å². The first-order chi connectivity index (χ1) is 8.00. The molecule has 3 nitrogen and oxygen atoms in total. The minimum atomic E-state index is 0.379. The second-order valence-corrected chi connectivity index (χ2v) is 4.72. The Bertz CT molecular complexity index is 538. The maximum absolute atomic E-state index is 5.95. The van der Waals surface area contributed by atoms with Crippen molar-refractivity contribution in [1.82, 2.24) is 9.78 Å². The highest BCUT2D eigenvalue weighted by atomic mass is 15.3. The minimum absolute atomic E-state index is 0.379. The topological polar surface area (TPSA) is 43.8 Å². The van der Waals surface area contributed by atoms with Crippen LogP contribution in [0.5, 0.6) is 0 Å². The lowest BCUT2D eigenvalue weighted by Gasteiger charge is -2.07. The zero-order chi connectivity index (χ0) is 12.6. The summed E-state index contributed by atoms with van der Waals surface area (Å²) in [6.45, 7) is 8.35. The summed E-state index contributed by atoms with van der Waals surface area (Å²) in [5.41, 5.74) is 11.3. The van der Waals surface area contributed by atoms with Gasteiger partial charge in [-0.1, -0.05) is 12.1 Å². The third kappa shape index (κ3) is 2.05. The van der Waals surface area contributed by atoms with E-state index in [1.165, 1.54) is 11.1 Å². The quantitative estimate of drug-likeness (QED) is 0.803. The van der Waals surface area contributed by atoms with Crippen molar-refractivity contribution in [2.24, 2.45) is 0 Å². The number of nitrogen functional groups attached to an aromatic ring is 1. The Morgan fingerprint density at radius 3 is 2.47 bits per heavy atom. The summed E-state index contributed by atoms with van der Waals surface area (Å²) in [5, 5.41) is 4.53. The van der Waals surface area contributed by atoms with E-state index < -0.39 is 0 Å². The molecule has 0 bridgehead atoms. The second kappa shape index (κ2) is 4.24. The van der Waals surface area contributed by atoms with Crippen LogP contribution in [0.3, 0.4) is 0 Å². The Kier molecular flexibility index (Phi) is 2.92. The Morgan fingerprint density at radius 2 is 1.88 bits per heavy atom. The first-order valence-electron chi connectivity index (χ1n) is 5.92. The molecule has 0 radical (unpaired) electrons. The van der Waals surface area contributed by atoms with E-state index in [2.05, 4.69) is 38.1 Å². The molecule has 2 rings (SSSR count). The number of nitrogens with two attached hydrogens (primary N) is 1. The van der Waals surface area contributed by atoms with E-state index in [9.17, 15) is 0 Å². The molecule has 1 aromatic heterocycles. The average molecular weight is 229 g/mol. The SMILES string of the molecule is Cc1nn(C(C)C)cc1-c1cccc(N)c1C. The summed E-state index contributed by atoms with van der Waals surface area (Å²) in [4.78, 5) is 0. The highest BCUT2D eigenvalue weighted by Gasteiger charge is 2.11. The van der Waals surface area contributed by atoms with Crippen LogP contribution < -0.4 is 5.73 Å². The summed E-state index contributed by atoms with van der Waals surface area (Å²) < 4.78 is 1.99. The summed E-state index contributed by atoms with van der Waals surface area (Å²) in [7, 11) is 0. The molecule has 0 saturated heterocycles. The van der Waals surface area contributed by atoms with Crippen LogP contribution in [-0.4, -0.2) is 9.78 Å². The van der Waals surface area contributed by atoms with Crippen molar-refractivity contribution in [2.75, 3.05) is 5.73 Å². The fourth-order valence-electron chi connectivity index (χ4n) is 1.96. The summed E-state index contributed by atoms with van der Waals surface area (Å²) in [6.07, 6.45) is 2.10. The largest absolute Gasteiger partial charge is 0.398 e. The van der Waals surface area contributed by atoms with Gasteiger partial charge in [-0.15, -0.1) is 0 Å². The molecular weight excluding hydrogens is 210 g/mol. The van der Waals surface area contributed by atoms with E-state index in [1.807, 2.05) is 23.7 Å². The molecule has 0 aliphatic rings. The van der Waals surface area contributed by atoms with Gasteiger partial charge in [-0.2, -0.15) is 5.10 Å². The van der Waals surface area contributed by atoms with Gasteiger partial charge in [0.1, 0.15) is 0 Å². The highest BCUT2D eigenvalue weighted by molar-refractivity contribution is 5.73. The number of aromatic nitrogens is 2. The first kappa shape index (κ1) is 11.7. The molecule has 0 spiro atoms. The van der Waals surface area contributed by atoms with E-state index in [-0.39, 0.29) is 0 Å². The van der Waals surface area contributed by atoms with E-state index in [4.69, 9.17) is 5.73 Å². The number of hydrogen-bond donors (Lipinski definition) is 1. The third-order valence-corrected chi connectivity index (χ3v) is 3.11. The molecular formula is C14H19N3. The normalized spacial score (nSPS) is 11.1. The molecule has 0 saturated carbocycles. The van der Waals surface area contributed by atoms with Crippen molar-refractivity contribution in [1.29, 1.82) is 0 Å². The van der Waals surface area contributed by atoms with Crippen LogP contribution in [-0.2, 0) is 0 Å². The van der Waals surface area contributed by atoms with E-state index >= 15 is 0 Å². The van der Waals surface area contributed by atoms with Crippen molar-refractivity contribution in [3.8, 4) is 11.1 Å². The number of rotatable bonds is 2.